The van der Waals surface area contributed by atoms with Gasteiger partial charge >= 0.3 is 6.09 Å². The van der Waals surface area contributed by atoms with Gasteiger partial charge in [-0.25, -0.2) is 30.6 Å². The van der Waals surface area contributed by atoms with Crippen LogP contribution in [0.2, 0.25) is 0 Å². The number of benzene rings is 2. The second kappa shape index (κ2) is 12.6. The summed E-state index contributed by atoms with van der Waals surface area (Å²) in [5.74, 6) is -0.224. The van der Waals surface area contributed by atoms with E-state index in [1.807, 2.05) is 18.2 Å². The third-order valence-electron chi connectivity index (χ3n) is 8.48. The van der Waals surface area contributed by atoms with Gasteiger partial charge in [0.2, 0.25) is 10.0 Å². The molecule has 14 heteroatoms. The zero-order valence-corrected chi connectivity index (χ0v) is 28.5. The summed E-state index contributed by atoms with van der Waals surface area (Å²) in [6.07, 6.45) is 3.46. The Morgan fingerprint density at radius 1 is 1.00 bits per heavy atom. The third kappa shape index (κ3) is 6.86. The second-order valence-electron chi connectivity index (χ2n) is 13.1. The van der Waals surface area contributed by atoms with E-state index in [1.165, 1.54) is 23.9 Å². The van der Waals surface area contributed by atoms with E-state index in [0.29, 0.717) is 23.9 Å². The summed E-state index contributed by atoms with van der Waals surface area (Å²) in [5, 5.41) is 2.36. The van der Waals surface area contributed by atoms with Gasteiger partial charge in [-0.05, 0) is 76.4 Å². The van der Waals surface area contributed by atoms with Crippen LogP contribution < -0.4 is 5.43 Å². The predicted octanol–water partition coefficient (Wildman–Crippen LogP) is 4.85. The molecule has 2 aliphatic rings. The van der Waals surface area contributed by atoms with Crippen LogP contribution in [0, 0.1) is 5.92 Å². The number of rotatable bonds is 8. The highest BCUT2D eigenvalue weighted by Crippen LogP contribution is 2.38. The molecule has 1 unspecified atom stereocenters. The lowest BCUT2D eigenvalue weighted by Crippen LogP contribution is -2.59. The molecule has 2 aliphatic heterocycles. The van der Waals surface area contributed by atoms with E-state index in [-0.39, 0.29) is 23.0 Å². The number of sulfonamides is 1. The summed E-state index contributed by atoms with van der Waals surface area (Å²) < 4.78 is 61.5. The summed E-state index contributed by atoms with van der Waals surface area (Å²) in [4.78, 5) is 20.6. The number of carbonyl (C=O) groups is 1. The topological polar surface area (TPSA) is 134 Å². The molecule has 0 radical (unpaired) electrons. The third-order valence-corrected chi connectivity index (χ3v) is 11.2. The normalized spacial score (nSPS) is 17.3. The zero-order valence-electron chi connectivity index (χ0n) is 26.9. The van der Waals surface area contributed by atoms with Crippen LogP contribution in [-0.2, 0) is 37.9 Å². The summed E-state index contributed by atoms with van der Waals surface area (Å²) in [5.41, 5.74) is 5.20. The van der Waals surface area contributed by atoms with Gasteiger partial charge in [0.15, 0.2) is 5.65 Å². The van der Waals surface area contributed by atoms with Crippen molar-refractivity contribution >= 4 is 42.9 Å². The van der Waals surface area contributed by atoms with E-state index in [0.717, 1.165) is 39.7 Å². The maximum Gasteiger partial charge on any atom is 0.425 e. The van der Waals surface area contributed by atoms with Crippen molar-refractivity contribution in [2.24, 2.45) is 5.92 Å². The minimum Gasteiger partial charge on any atom is -0.443 e. The quantitative estimate of drug-likeness (QED) is 0.275. The summed E-state index contributed by atoms with van der Waals surface area (Å²) >= 11 is 0. The number of carbonyl (C=O) groups excluding carboxylic acids is 1. The molecule has 0 spiro atoms. The maximum absolute atomic E-state index is 13.7. The highest BCUT2D eigenvalue weighted by Gasteiger charge is 2.45. The number of fused-ring (bicyclic) bond motifs is 3. The molecular weight excluding hydrogens is 641 g/mol. The number of aromatic nitrogens is 2. The number of ether oxygens (including phenoxy) is 1. The van der Waals surface area contributed by atoms with Crippen LogP contribution >= 0.6 is 0 Å². The van der Waals surface area contributed by atoms with E-state index in [9.17, 15) is 21.6 Å². The van der Waals surface area contributed by atoms with Gasteiger partial charge in [0.25, 0.3) is 10.0 Å². The molecule has 2 aromatic heterocycles. The number of hydrogen-bond acceptors (Lipinski definition) is 10. The van der Waals surface area contributed by atoms with Crippen LogP contribution in [0.1, 0.15) is 44.7 Å². The number of hydrogen-bond donors (Lipinski definition) is 1. The molecular formula is C33H40N6O6S2. The van der Waals surface area contributed by atoms with Gasteiger partial charge in [0, 0.05) is 30.2 Å². The molecule has 1 fully saturated rings. The monoisotopic (exact) mass is 680 g/mol. The molecule has 4 aromatic rings. The fourth-order valence-electron chi connectivity index (χ4n) is 6.38. The number of likely N-dealkylation sites (tertiary alicyclic amines) is 1. The first-order valence-corrected chi connectivity index (χ1v) is 18.8. The second-order valence-corrected chi connectivity index (χ2v) is 16.8. The smallest absolute Gasteiger partial charge is 0.425 e. The first kappa shape index (κ1) is 32.9. The summed E-state index contributed by atoms with van der Waals surface area (Å²) in [7, 11) is -8.01. The Labute approximate surface area is 276 Å². The molecule has 0 bridgehead atoms. The van der Waals surface area contributed by atoms with Gasteiger partial charge in [-0.3, -0.25) is 4.90 Å². The predicted molar refractivity (Wildman–Crippen MR) is 179 cm³/mol. The highest BCUT2D eigenvalue weighted by atomic mass is 32.2. The highest BCUT2D eigenvalue weighted by molar-refractivity contribution is 7.90. The first-order chi connectivity index (χ1) is 22.2. The first-order valence-electron chi connectivity index (χ1n) is 15.5. The molecule has 47 heavy (non-hydrogen) atoms. The van der Waals surface area contributed by atoms with E-state index in [2.05, 4.69) is 27.4 Å². The molecule has 1 amide bonds. The molecule has 0 aliphatic carbocycles. The molecule has 1 N–H and O–H groups in total. The number of amides is 1. The largest absolute Gasteiger partial charge is 0.443 e. The van der Waals surface area contributed by atoms with Crippen molar-refractivity contribution < 1.29 is 26.4 Å². The van der Waals surface area contributed by atoms with Gasteiger partial charge in [0.05, 0.1) is 23.0 Å². The molecule has 1 atom stereocenters. The van der Waals surface area contributed by atoms with Crippen LogP contribution in [-0.4, -0.2) is 77.2 Å². The molecule has 1 saturated heterocycles. The Morgan fingerprint density at radius 2 is 1.64 bits per heavy atom. The van der Waals surface area contributed by atoms with Gasteiger partial charge in [-0.1, -0.05) is 48.5 Å². The molecule has 2 aromatic carbocycles. The van der Waals surface area contributed by atoms with Crippen LogP contribution in [0.4, 0.5) is 10.5 Å². The van der Waals surface area contributed by atoms with E-state index < -0.39 is 37.9 Å². The van der Waals surface area contributed by atoms with Crippen molar-refractivity contribution in [3.05, 3.63) is 90.3 Å². The number of nitrogens with one attached hydrogen (secondary N) is 1. The molecule has 6 rings (SSSR count). The van der Waals surface area contributed by atoms with Crippen molar-refractivity contribution in [2.45, 2.75) is 63.4 Å². The van der Waals surface area contributed by atoms with Crippen molar-refractivity contribution in [2.75, 3.05) is 24.8 Å². The lowest BCUT2D eigenvalue weighted by Gasteiger charge is -2.43. The number of hydrazine groups is 1. The number of anilines is 1. The fourth-order valence-corrected chi connectivity index (χ4v) is 8.69. The van der Waals surface area contributed by atoms with Crippen molar-refractivity contribution in [1.29, 1.82) is 0 Å². The van der Waals surface area contributed by atoms with Gasteiger partial charge in [-0.2, -0.15) is 9.31 Å². The number of piperidine rings is 1. The van der Waals surface area contributed by atoms with Gasteiger partial charge in [0.1, 0.15) is 11.8 Å². The Hall–Kier alpha value is -3.98. The van der Waals surface area contributed by atoms with Crippen LogP contribution in [0.15, 0.2) is 84.0 Å². The average molecular weight is 681 g/mol. The fraction of sp³-hybridized carbons (Fsp3) is 0.394. The van der Waals surface area contributed by atoms with Crippen molar-refractivity contribution in [1.82, 2.24) is 23.2 Å². The maximum atomic E-state index is 13.7. The van der Waals surface area contributed by atoms with Crippen LogP contribution in [0.5, 0.6) is 0 Å². The van der Waals surface area contributed by atoms with E-state index in [4.69, 9.17) is 4.74 Å². The summed E-state index contributed by atoms with van der Waals surface area (Å²) in [6, 6.07) is 20.0. The van der Waals surface area contributed by atoms with E-state index in [1.54, 1.807) is 56.2 Å². The molecule has 250 valence electrons. The lowest BCUT2D eigenvalue weighted by molar-refractivity contribution is -0.00391. The average Bonchev–Trinajstić information content (AvgIpc) is 3.65. The van der Waals surface area contributed by atoms with Gasteiger partial charge in [-0.15, -0.1) is 0 Å². The molecule has 4 heterocycles. The van der Waals surface area contributed by atoms with Crippen molar-refractivity contribution in [3.8, 4) is 0 Å². The van der Waals surface area contributed by atoms with Gasteiger partial charge < -0.3 is 10.2 Å². The van der Waals surface area contributed by atoms with Crippen LogP contribution in [0.25, 0.3) is 11.0 Å². The Morgan fingerprint density at radius 3 is 2.26 bits per heavy atom. The van der Waals surface area contributed by atoms with Crippen molar-refractivity contribution in [3.63, 3.8) is 0 Å². The number of nitrogens with zero attached hydrogens (tertiary/aromatic N) is 5. The molecule has 0 saturated carbocycles. The van der Waals surface area contributed by atoms with Crippen LogP contribution in [0.3, 0.4) is 0 Å². The zero-order chi connectivity index (χ0) is 33.6. The minimum atomic E-state index is -4.10. The standard InChI is InChI=1S/C33H40N6O6S2/c1-33(2,3)45-32(40)39(46(4,41)42)31(25-15-18-36(19-16-25)22-24-11-7-5-8-12-24)37-23-28-27-17-20-38(30(27)34-21-29(28)35-37)47(43,44)26-13-9-6-10-14-26/h5-14,17,20-21,25,31,35H,15-16,18-19,22-23H2,1-4H3. The SMILES string of the molecule is CC(C)(C)OC(=O)N(C(C1CCN(Cc2ccccc2)CC1)N1Cc2c(cnc3c2ccn3S(=O)(=O)c2ccccc2)N1)S(C)(=O)=O. The minimum absolute atomic E-state index is 0.138. The Kier molecular flexibility index (Phi) is 8.81. The molecule has 12 nitrogen and oxygen atoms in total. The summed E-state index contributed by atoms with van der Waals surface area (Å²) in [6.45, 7) is 7.51. The van der Waals surface area contributed by atoms with E-state index >= 15 is 0 Å². The lowest BCUT2D eigenvalue weighted by atomic mass is 9.92. The Balaban J connectivity index is 1.33. The number of pyridine rings is 1. The Bertz CT molecular complexity index is 1970.